The Hall–Kier alpha value is -0.530. The molecule has 1 saturated heterocycles. The predicted molar refractivity (Wildman–Crippen MR) is 70.7 cm³/mol. The van der Waals surface area contributed by atoms with Gasteiger partial charge in [0.05, 0.1) is 0 Å². The molecule has 1 spiro atoms. The third kappa shape index (κ3) is 2.51. The van der Waals surface area contributed by atoms with Crippen LogP contribution < -0.4 is 5.32 Å². The van der Waals surface area contributed by atoms with E-state index in [1.54, 1.807) is 0 Å². The van der Waals surface area contributed by atoms with Gasteiger partial charge in [-0.3, -0.25) is 4.79 Å². The third-order valence-electron chi connectivity index (χ3n) is 5.25. The van der Waals surface area contributed by atoms with Crippen molar-refractivity contribution >= 4 is 5.91 Å². The molecular formula is C15H27NO. The topological polar surface area (TPSA) is 29.1 Å². The van der Waals surface area contributed by atoms with Gasteiger partial charge in [0.2, 0.25) is 5.91 Å². The van der Waals surface area contributed by atoms with Gasteiger partial charge in [0, 0.05) is 12.5 Å². The van der Waals surface area contributed by atoms with Crippen LogP contribution in [0.25, 0.3) is 0 Å². The van der Waals surface area contributed by atoms with E-state index in [1.165, 1.54) is 32.1 Å². The van der Waals surface area contributed by atoms with Gasteiger partial charge in [-0.2, -0.15) is 0 Å². The molecule has 1 amide bonds. The first-order valence-electron chi connectivity index (χ1n) is 7.13. The summed E-state index contributed by atoms with van der Waals surface area (Å²) in [5.74, 6) is 1.09. The molecule has 2 heteroatoms. The molecule has 2 rings (SSSR count). The smallest absolute Gasteiger partial charge is 0.220 e. The van der Waals surface area contributed by atoms with E-state index in [4.69, 9.17) is 0 Å². The molecule has 98 valence electrons. The van der Waals surface area contributed by atoms with E-state index in [2.05, 4.69) is 33.0 Å². The molecule has 0 radical (unpaired) electrons. The minimum atomic E-state index is 0.270. The normalized spacial score (nSPS) is 39.2. The van der Waals surface area contributed by atoms with Gasteiger partial charge in [0.1, 0.15) is 0 Å². The molecule has 1 heterocycles. The van der Waals surface area contributed by atoms with Crippen LogP contribution in [0.4, 0.5) is 0 Å². The molecule has 0 aromatic rings. The van der Waals surface area contributed by atoms with Crippen molar-refractivity contribution in [2.24, 2.45) is 16.7 Å². The van der Waals surface area contributed by atoms with E-state index in [1.807, 2.05) is 0 Å². The minimum Gasteiger partial charge on any atom is -0.353 e. The Balaban J connectivity index is 2.08. The first-order valence-corrected chi connectivity index (χ1v) is 7.13. The monoisotopic (exact) mass is 237 g/mol. The Labute approximate surface area is 106 Å². The molecule has 2 nitrogen and oxygen atoms in total. The molecule has 1 aliphatic carbocycles. The number of carbonyl (C=O) groups excluding carboxylic acids is 1. The fraction of sp³-hybridized carbons (Fsp3) is 0.933. The summed E-state index contributed by atoms with van der Waals surface area (Å²) in [6, 6.07) is 0.383. The standard InChI is InChI=1S/C15H27NO/c1-11-15(10-13(17)16-11)8-5-6-12(7-9-15)14(2,3)4/h11-12H,5-10H2,1-4H3,(H,16,17). The Morgan fingerprint density at radius 2 is 1.94 bits per heavy atom. The Bertz CT molecular complexity index is 305. The summed E-state index contributed by atoms with van der Waals surface area (Å²) in [5.41, 5.74) is 0.696. The van der Waals surface area contributed by atoms with Crippen LogP contribution >= 0.6 is 0 Å². The fourth-order valence-corrected chi connectivity index (χ4v) is 3.83. The van der Waals surface area contributed by atoms with Crippen molar-refractivity contribution in [1.29, 1.82) is 0 Å². The van der Waals surface area contributed by atoms with Crippen LogP contribution in [0.3, 0.4) is 0 Å². The number of rotatable bonds is 0. The quantitative estimate of drug-likeness (QED) is 0.686. The molecule has 0 bridgehead atoms. The zero-order chi connectivity index (χ0) is 12.7. The second-order valence-electron chi connectivity index (χ2n) is 7.32. The highest BCUT2D eigenvalue weighted by Gasteiger charge is 2.45. The highest BCUT2D eigenvalue weighted by molar-refractivity contribution is 5.79. The van der Waals surface area contributed by atoms with Gasteiger partial charge in [0.25, 0.3) is 0 Å². The van der Waals surface area contributed by atoms with Crippen LogP contribution in [-0.4, -0.2) is 11.9 Å². The van der Waals surface area contributed by atoms with Crippen molar-refractivity contribution in [3.05, 3.63) is 0 Å². The summed E-state index contributed by atoms with van der Waals surface area (Å²) in [6.07, 6.45) is 7.16. The van der Waals surface area contributed by atoms with Gasteiger partial charge in [-0.15, -0.1) is 0 Å². The average Bonchev–Trinajstić information content (AvgIpc) is 2.37. The molecule has 0 aromatic carbocycles. The van der Waals surface area contributed by atoms with Crippen LogP contribution in [0.2, 0.25) is 0 Å². The van der Waals surface area contributed by atoms with Crippen molar-refractivity contribution in [3.8, 4) is 0 Å². The molecule has 0 aromatic heterocycles. The van der Waals surface area contributed by atoms with Gasteiger partial charge in [0.15, 0.2) is 0 Å². The van der Waals surface area contributed by atoms with Gasteiger partial charge in [-0.1, -0.05) is 27.2 Å². The zero-order valence-corrected chi connectivity index (χ0v) is 11.8. The summed E-state index contributed by atoms with van der Waals surface area (Å²) >= 11 is 0. The molecule has 1 N–H and O–H groups in total. The first kappa shape index (κ1) is 12.9. The third-order valence-corrected chi connectivity index (χ3v) is 5.25. The Morgan fingerprint density at radius 1 is 1.24 bits per heavy atom. The van der Waals surface area contributed by atoms with E-state index in [9.17, 15) is 4.79 Å². The molecule has 3 unspecified atom stereocenters. The lowest BCUT2D eigenvalue weighted by Crippen LogP contribution is -2.34. The maximum Gasteiger partial charge on any atom is 0.220 e. The summed E-state index contributed by atoms with van der Waals surface area (Å²) < 4.78 is 0. The lowest BCUT2D eigenvalue weighted by atomic mass is 9.72. The van der Waals surface area contributed by atoms with Crippen molar-refractivity contribution in [1.82, 2.24) is 5.32 Å². The van der Waals surface area contributed by atoms with Gasteiger partial charge in [-0.05, 0) is 49.4 Å². The minimum absolute atomic E-state index is 0.270. The predicted octanol–water partition coefficient (Wildman–Crippen LogP) is 3.51. The maximum atomic E-state index is 11.6. The molecular weight excluding hydrogens is 210 g/mol. The first-order chi connectivity index (χ1) is 7.83. The summed E-state index contributed by atoms with van der Waals surface area (Å²) in [4.78, 5) is 11.6. The summed E-state index contributed by atoms with van der Waals surface area (Å²) in [5, 5.41) is 3.12. The second-order valence-corrected chi connectivity index (χ2v) is 7.32. The number of amides is 1. The van der Waals surface area contributed by atoms with Crippen LogP contribution in [0, 0.1) is 16.7 Å². The summed E-state index contributed by atoms with van der Waals surface area (Å²) in [7, 11) is 0. The van der Waals surface area contributed by atoms with E-state index in [0.29, 0.717) is 11.5 Å². The highest BCUT2D eigenvalue weighted by Crippen LogP contribution is 2.48. The Morgan fingerprint density at radius 3 is 2.47 bits per heavy atom. The lowest BCUT2D eigenvalue weighted by Gasteiger charge is -2.33. The van der Waals surface area contributed by atoms with Crippen molar-refractivity contribution in [3.63, 3.8) is 0 Å². The summed E-state index contributed by atoms with van der Waals surface area (Å²) in [6.45, 7) is 9.27. The SMILES string of the molecule is CC1NC(=O)CC12CCCC(C(C)(C)C)CC2. The fourth-order valence-electron chi connectivity index (χ4n) is 3.83. The molecule has 1 saturated carbocycles. The van der Waals surface area contributed by atoms with Crippen molar-refractivity contribution < 1.29 is 4.79 Å². The van der Waals surface area contributed by atoms with E-state index < -0.39 is 0 Å². The number of carbonyl (C=O) groups is 1. The average molecular weight is 237 g/mol. The molecule has 1 aliphatic heterocycles. The van der Waals surface area contributed by atoms with Crippen LogP contribution in [0.1, 0.15) is 66.2 Å². The van der Waals surface area contributed by atoms with Gasteiger partial charge >= 0.3 is 0 Å². The van der Waals surface area contributed by atoms with Crippen molar-refractivity contribution in [2.45, 2.75) is 72.3 Å². The number of hydrogen-bond donors (Lipinski definition) is 1. The van der Waals surface area contributed by atoms with Crippen LogP contribution in [0.5, 0.6) is 0 Å². The number of hydrogen-bond acceptors (Lipinski definition) is 1. The lowest BCUT2D eigenvalue weighted by molar-refractivity contribution is -0.119. The molecule has 3 atom stereocenters. The maximum absolute atomic E-state index is 11.6. The molecule has 17 heavy (non-hydrogen) atoms. The molecule has 2 aliphatic rings. The van der Waals surface area contributed by atoms with Gasteiger partial charge < -0.3 is 5.32 Å². The Kier molecular flexibility index (Phi) is 3.26. The number of nitrogens with one attached hydrogen (secondary N) is 1. The van der Waals surface area contributed by atoms with Crippen LogP contribution in [0.15, 0.2) is 0 Å². The molecule has 2 fully saturated rings. The van der Waals surface area contributed by atoms with Gasteiger partial charge in [-0.25, -0.2) is 0 Å². The highest BCUT2D eigenvalue weighted by atomic mass is 16.2. The largest absolute Gasteiger partial charge is 0.353 e. The second kappa shape index (κ2) is 4.29. The van der Waals surface area contributed by atoms with E-state index in [0.717, 1.165) is 12.3 Å². The van der Waals surface area contributed by atoms with E-state index >= 15 is 0 Å². The van der Waals surface area contributed by atoms with Crippen molar-refractivity contribution in [2.75, 3.05) is 0 Å². The zero-order valence-electron chi connectivity index (χ0n) is 11.8. The van der Waals surface area contributed by atoms with Crippen LogP contribution in [-0.2, 0) is 4.79 Å². The van der Waals surface area contributed by atoms with E-state index in [-0.39, 0.29) is 11.3 Å².